The maximum absolute atomic E-state index is 12.6. The van der Waals surface area contributed by atoms with Crippen LogP contribution in [0.3, 0.4) is 0 Å². The number of carbonyl (C=O) groups excluding carboxylic acids is 3. The molecule has 0 heterocycles. The monoisotopic (exact) mass is 324 g/mol. The van der Waals surface area contributed by atoms with Crippen molar-refractivity contribution in [2.75, 3.05) is 0 Å². The van der Waals surface area contributed by atoms with Crippen LogP contribution in [0.4, 0.5) is 0 Å². The molecule has 2 aromatic rings. The SMILES string of the molecule is CC(C(=O)[O-])c1cc(C(=O)c2ccccc2)cc(C(C)C(=O)[O-])c1. The minimum Gasteiger partial charge on any atom is -0.550 e. The summed E-state index contributed by atoms with van der Waals surface area (Å²) >= 11 is 0. The predicted octanol–water partition coefficient (Wildman–Crippen LogP) is 0.624. The summed E-state index contributed by atoms with van der Waals surface area (Å²) in [6.07, 6.45) is 0. The second kappa shape index (κ2) is 7.08. The maximum Gasteiger partial charge on any atom is 0.193 e. The Kier molecular flexibility index (Phi) is 5.14. The molecule has 124 valence electrons. The molecule has 0 aliphatic heterocycles. The molecule has 0 aliphatic carbocycles. The third-order valence-electron chi connectivity index (χ3n) is 3.98. The number of hydrogen-bond donors (Lipinski definition) is 0. The highest BCUT2D eigenvalue weighted by Crippen LogP contribution is 2.25. The van der Waals surface area contributed by atoms with E-state index in [9.17, 15) is 24.6 Å². The zero-order valence-corrected chi connectivity index (χ0v) is 13.3. The Morgan fingerprint density at radius 3 is 1.62 bits per heavy atom. The predicted molar refractivity (Wildman–Crippen MR) is 83.2 cm³/mol. The summed E-state index contributed by atoms with van der Waals surface area (Å²) < 4.78 is 0. The van der Waals surface area contributed by atoms with Crippen molar-refractivity contribution < 1.29 is 24.6 Å². The molecule has 0 fully saturated rings. The van der Waals surface area contributed by atoms with Crippen molar-refractivity contribution in [2.45, 2.75) is 25.7 Å². The van der Waals surface area contributed by atoms with Crippen LogP contribution in [0, 0.1) is 0 Å². The Labute approximate surface area is 139 Å². The molecule has 5 heteroatoms. The summed E-state index contributed by atoms with van der Waals surface area (Å²) in [5.41, 5.74) is 1.30. The van der Waals surface area contributed by atoms with Crippen molar-refractivity contribution in [1.29, 1.82) is 0 Å². The average molecular weight is 324 g/mol. The molecule has 24 heavy (non-hydrogen) atoms. The van der Waals surface area contributed by atoms with E-state index in [0.29, 0.717) is 16.7 Å². The Morgan fingerprint density at radius 1 is 0.750 bits per heavy atom. The molecular formula is C19H16O5-2. The fraction of sp³-hybridized carbons (Fsp3) is 0.211. The fourth-order valence-electron chi connectivity index (χ4n) is 2.34. The van der Waals surface area contributed by atoms with E-state index in [-0.39, 0.29) is 11.3 Å². The molecule has 2 aromatic carbocycles. The standard InChI is InChI=1S/C19H18O5/c1-11(18(21)22)14-8-15(12(2)19(23)24)10-16(9-14)17(20)13-6-4-3-5-7-13/h3-12H,1-2H3,(H,21,22)(H,23,24)/p-2. The van der Waals surface area contributed by atoms with Gasteiger partial charge in [-0.3, -0.25) is 4.79 Å². The highest BCUT2D eigenvalue weighted by atomic mass is 16.4. The van der Waals surface area contributed by atoms with Crippen LogP contribution in [0.15, 0.2) is 48.5 Å². The van der Waals surface area contributed by atoms with Crippen LogP contribution in [-0.4, -0.2) is 17.7 Å². The first kappa shape index (κ1) is 17.4. The van der Waals surface area contributed by atoms with Crippen LogP contribution in [0.2, 0.25) is 0 Å². The number of ketones is 1. The van der Waals surface area contributed by atoms with Crippen molar-refractivity contribution in [1.82, 2.24) is 0 Å². The fourth-order valence-corrected chi connectivity index (χ4v) is 2.34. The van der Waals surface area contributed by atoms with Gasteiger partial charge in [0.25, 0.3) is 0 Å². The van der Waals surface area contributed by atoms with Gasteiger partial charge in [0.1, 0.15) is 0 Å². The molecule has 0 radical (unpaired) electrons. The van der Waals surface area contributed by atoms with E-state index in [4.69, 9.17) is 0 Å². The van der Waals surface area contributed by atoms with Gasteiger partial charge in [0.05, 0.1) is 0 Å². The highest BCUT2D eigenvalue weighted by molar-refractivity contribution is 6.09. The smallest absolute Gasteiger partial charge is 0.193 e. The summed E-state index contributed by atoms with van der Waals surface area (Å²) in [6, 6.07) is 12.9. The average Bonchev–Trinajstić information content (AvgIpc) is 2.59. The third-order valence-corrected chi connectivity index (χ3v) is 3.98. The van der Waals surface area contributed by atoms with E-state index < -0.39 is 23.8 Å². The summed E-state index contributed by atoms with van der Waals surface area (Å²) in [7, 11) is 0. The summed E-state index contributed by atoms with van der Waals surface area (Å²) in [5.74, 6) is -4.85. The lowest BCUT2D eigenvalue weighted by molar-refractivity contribution is -0.308. The normalized spacial score (nSPS) is 13.1. The van der Waals surface area contributed by atoms with E-state index in [1.165, 1.54) is 32.0 Å². The number of carbonyl (C=O) groups is 3. The first-order valence-corrected chi connectivity index (χ1v) is 7.47. The van der Waals surface area contributed by atoms with Crippen LogP contribution >= 0.6 is 0 Å². The highest BCUT2D eigenvalue weighted by Gasteiger charge is 2.17. The molecule has 0 aliphatic rings. The molecule has 2 atom stereocenters. The molecule has 0 amide bonds. The van der Waals surface area contributed by atoms with Gasteiger partial charge in [0.15, 0.2) is 5.78 Å². The number of hydrogen-bond acceptors (Lipinski definition) is 5. The lowest BCUT2D eigenvalue weighted by Gasteiger charge is -2.19. The number of aliphatic carboxylic acids is 2. The molecule has 0 saturated carbocycles. The molecule has 2 unspecified atom stereocenters. The van der Waals surface area contributed by atoms with Crippen LogP contribution < -0.4 is 10.2 Å². The van der Waals surface area contributed by atoms with Crippen molar-refractivity contribution in [2.24, 2.45) is 0 Å². The van der Waals surface area contributed by atoms with Crippen molar-refractivity contribution in [3.8, 4) is 0 Å². The molecule has 5 nitrogen and oxygen atoms in total. The zero-order valence-electron chi connectivity index (χ0n) is 13.3. The molecule has 0 aromatic heterocycles. The Morgan fingerprint density at radius 2 is 1.21 bits per heavy atom. The summed E-state index contributed by atoms with van der Waals surface area (Å²) in [5, 5.41) is 22.3. The molecule has 0 N–H and O–H groups in total. The third kappa shape index (κ3) is 3.68. The van der Waals surface area contributed by atoms with E-state index in [0.717, 1.165) is 0 Å². The topological polar surface area (TPSA) is 97.3 Å². The van der Waals surface area contributed by atoms with Crippen LogP contribution in [0.5, 0.6) is 0 Å². The number of benzene rings is 2. The Bertz CT molecular complexity index is 741. The van der Waals surface area contributed by atoms with Gasteiger partial charge in [-0.2, -0.15) is 0 Å². The van der Waals surface area contributed by atoms with Crippen molar-refractivity contribution in [3.05, 3.63) is 70.8 Å². The lowest BCUT2D eigenvalue weighted by Crippen LogP contribution is -2.29. The van der Waals surface area contributed by atoms with E-state index >= 15 is 0 Å². The van der Waals surface area contributed by atoms with Crippen molar-refractivity contribution >= 4 is 17.7 Å². The molecule has 2 rings (SSSR count). The van der Waals surface area contributed by atoms with Crippen molar-refractivity contribution in [3.63, 3.8) is 0 Å². The molecule has 0 bridgehead atoms. The first-order chi connectivity index (χ1) is 11.3. The van der Waals surface area contributed by atoms with Gasteiger partial charge in [0, 0.05) is 34.9 Å². The van der Waals surface area contributed by atoms with Gasteiger partial charge in [0.2, 0.25) is 0 Å². The van der Waals surface area contributed by atoms with Crippen LogP contribution in [0.1, 0.15) is 52.7 Å². The molecule has 0 saturated heterocycles. The molecular weight excluding hydrogens is 308 g/mol. The number of rotatable bonds is 6. The second-order valence-electron chi connectivity index (χ2n) is 5.66. The van der Waals surface area contributed by atoms with E-state index in [1.54, 1.807) is 30.3 Å². The summed E-state index contributed by atoms with van der Waals surface area (Å²) in [6.45, 7) is 2.85. The van der Waals surface area contributed by atoms with Crippen LogP contribution in [0.25, 0.3) is 0 Å². The van der Waals surface area contributed by atoms with Crippen LogP contribution in [-0.2, 0) is 9.59 Å². The second-order valence-corrected chi connectivity index (χ2v) is 5.66. The van der Waals surface area contributed by atoms with E-state index in [2.05, 4.69) is 0 Å². The Balaban J connectivity index is 2.56. The minimum absolute atomic E-state index is 0.231. The first-order valence-electron chi connectivity index (χ1n) is 7.47. The van der Waals surface area contributed by atoms with Gasteiger partial charge < -0.3 is 19.8 Å². The quantitative estimate of drug-likeness (QED) is 0.726. The van der Waals surface area contributed by atoms with Gasteiger partial charge in [-0.1, -0.05) is 50.2 Å². The largest absolute Gasteiger partial charge is 0.550 e. The minimum atomic E-state index is -1.30. The van der Waals surface area contributed by atoms with Gasteiger partial charge in [-0.05, 0) is 23.3 Å². The number of carboxylic acid groups (broad SMARTS) is 2. The number of carboxylic acids is 2. The van der Waals surface area contributed by atoms with Gasteiger partial charge in [-0.25, -0.2) is 0 Å². The van der Waals surface area contributed by atoms with Gasteiger partial charge >= 0.3 is 0 Å². The summed E-state index contributed by atoms with van der Waals surface area (Å²) in [4.78, 5) is 34.9. The Hall–Kier alpha value is -2.95. The molecule has 0 spiro atoms. The lowest BCUT2D eigenvalue weighted by atomic mass is 9.89. The maximum atomic E-state index is 12.6. The van der Waals surface area contributed by atoms with E-state index in [1.807, 2.05) is 0 Å². The van der Waals surface area contributed by atoms with Gasteiger partial charge in [-0.15, -0.1) is 0 Å². The zero-order chi connectivity index (χ0) is 17.9.